The topological polar surface area (TPSA) is 78.7 Å². The first-order valence-corrected chi connectivity index (χ1v) is 8.99. The lowest BCUT2D eigenvalue weighted by atomic mass is 10.2. The van der Waals surface area contributed by atoms with Crippen LogP contribution < -0.4 is 5.32 Å². The number of halogens is 1. The van der Waals surface area contributed by atoms with Crippen LogP contribution in [0.15, 0.2) is 29.4 Å². The van der Waals surface area contributed by atoms with Crippen molar-refractivity contribution in [3.63, 3.8) is 0 Å². The molecule has 24 heavy (non-hydrogen) atoms. The molecule has 0 bridgehead atoms. The first-order valence-electron chi connectivity index (χ1n) is 7.63. The second kappa shape index (κ2) is 7.65. The summed E-state index contributed by atoms with van der Waals surface area (Å²) in [5.74, 6) is 0.902. The van der Waals surface area contributed by atoms with E-state index in [2.05, 4.69) is 21.4 Å². The molecule has 122 valence electrons. The number of carbonyl (C=O) groups is 1. The van der Waals surface area contributed by atoms with Gasteiger partial charge in [-0.05, 0) is 43.0 Å². The van der Waals surface area contributed by atoms with E-state index >= 15 is 0 Å². The molecule has 0 atom stereocenters. The zero-order valence-electron chi connectivity index (χ0n) is 12.9. The molecule has 1 N–H and O–H groups in total. The molecule has 2 aromatic rings. The van der Waals surface area contributed by atoms with Crippen molar-refractivity contribution in [2.75, 3.05) is 11.1 Å². The highest BCUT2D eigenvalue weighted by molar-refractivity contribution is 7.99. The molecular formula is C17H15ClN4OS. The van der Waals surface area contributed by atoms with Crippen molar-refractivity contribution in [3.05, 3.63) is 46.2 Å². The van der Waals surface area contributed by atoms with Crippen LogP contribution in [0.1, 0.15) is 29.7 Å². The van der Waals surface area contributed by atoms with Crippen molar-refractivity contribution in [1.82, 2.24) is 9.97 Å². The molecule has 7 heteroatoms. The predicted molar refractivity (Wildman–Crippen MR) is 94.2 cm³/mol. The van der Waals surface area contributed by atoms with Crippen LogP contribution in [-0.2, 0) is 17.6 Å². The summed E-state index contributed by atoms with van der Waals surface area (Å²) < 4.78 is 0. The maximum Gasteiger partial charge on any atom is 0.226 e. The van der Waals surface area contributed by atoms with Gasteiger partial charge in [0.1, 0.15) is 16.9 Å². The Morgan fingerprint density at radius 2 is 2.29 bits per heavy atom. The highest BCUT2D eigenvalue weighted by Crippen LogP contribution is 2.28. The van der Waals surface area contributed by atoms with E-state index in [0.29, 0.717) is 28.6 Å². The monoisotopic (exact) mass is 358 g/mol. The van der Waals surface area contributed by atoms with Gasteiger partial charge in [0.25, 0.3) is 0 Å². The number of nitrogens with one attached hydrogen (secondary N) is 1. The highest BCUT2D eigenvalue weighted by atomic mass is 35.5. The fourth-order valence-corrected chi connectivity index (χ4v) is 3.57. The number of amides is 1. The summed E-state index contributed by atoms with van der Waals surface area (Å²) in [5.41, 5.74) is 2.87. The number of thioether (sulfide) groups is 1. The number of pyridine rings is 2. The lowest BCUT2D eigenvalue weighted by Crippen LogP contribution is -2.13. The summed E-state index contributed by atoms with van der Waals surface area (Å²) in [4.78, 5) is 20.6. The Balaban J connectivity index is 1.55. The van der Waals surface area contributed by atoms with Crippen LogP contribution in [0.4, 0.5) is 5.82 Å². The number of carbonyl (C=O) groups excluding carboxylic acids is 1. The first kappa shape index (κ1) is 16.7. The zero-order chi connectivity index (χ0) is 16.9. The van der Waals surface area contributed by atoms with Crippen molar-refractivity contribution in [3.8, 4) is 6.07 Å². The fourth-order valence-electron chi connectivity index (χ4n) is 2.54. The Kier molecular flexibility index (Phi) is 5.34. The van der Waals surface area contributed by atoms with E-state index in [9.17, 15) is 10.1 Å². The normalized spacial score (nSPS) is 12.5. The summed E-state index contributed by atoms with van der Waals surface area (Å²) in [7, 11) is 0. The number of hydrogen-bond acceptors (Lipinski definition) is 5. The smallest absolute Gasteiger partial charge is 0.226 e. The lowest BCUT2D eigenvalue weighted by Gasteiger charge is -2.07. The lowest BCUT2D eigenvalue weighted by molar-refractivity contribution is -0.115. The maximum absolute atomic E-state index is 11.9. The van der Waals surface area contributed by atoms with Crippen LogP contribution in [-0.4, -0.2) is 21.6 Å². The fraction of sp³-hybridized carbons (Fsp3) is 0.294. The van der Waals surface area contributed by atoms with Gasteiger partial charge in [0.2, 0.25) is 5.91 Å². The van der Waals surface area contributed by atoms with Crippen LogP contribution >= 0.6 is 23.4 Å². The van der Waals surface area contributed by atoms with E-state index in [-0.39, 0.29) is 5.91 Å². The maximum atomic E-state index is 11.9. The summed E-state index contributed by atoms with van der Waals surface area (Å²) in [5, 5.41) is 13.2. The molecule has 0 radical (unpaired) electrons. The molecule has 0 spiro atoms. The molecule has 3 rings (SSSR count). The van der Waals surface area contributed by atoms with Gasteiger partial charge in [0.05, 0.1) is 10.6 Å². The SMILES string of the molecule is N#Cc1cc2c(nc1SCCC(=O)Nc1ccc(Cl)cn1)CCC2. The van der Waals surface area contributed by atoms with Gasteiger partial charge in [0.15, 0.2) is 0 Å². The third-order valence-corrected chi connectivity index (χ3v) is 4.92. The second-order valence-corrected chi connectivity index (χ2v) is 6.94. The molecule has 1 aliphatic carbocycles. The van der Waals surface area contributed by atoms with Crippen molar-refractivity contribution in [2.24, 2.45) is 0 Å². The van der Waals surface area contributed by atoms with Gasteiger partial charge in [-0.2, -0.15) is 5.26 Å². The third-order valence-electron chi connectivity index (χ3n) is 3.70. The van der Waals surface area contributed by atoms with Crippen molar-refractivity contribution < 1.29 is 4.79 Å². The molecule has 0 saturated heterocycles. The molecule has 0 aromatic carbocycles. The van der Waals surface area contributed by atoms with Gasteiger partial charge in [0, 0.05) is 24.1 Å². The Bertz CT molecular complexity index is 801. The van der Waals surface area contributed by atoms with Crippen LogP contribution in [0.25, 0.3) is 0 Å². The van der Waals surface area contributed by atoms with Gasteiger partial charge in [-0.25, -0.2) is 9.97 Å². The first-order chi connectivity index (χ1) is 11.7. The van der Waals surface area contributed by atoms with Gasteiger partial charge < -0.3 is 5.32 Å². The number of hydrogen-bond donors (Lipinski definition) is 1. The highest BCUT2D eigenvalue weighted by Gasteiger charge is 2.17. The summed E-state index contributed by atoms with van der Waals surface area (Å²) >= 11 is 7.20. The van der Waals surface area contributed by atoms with Crippen LogP contribution in [0.3, 0.4) is 0 Å². The number of nitrogens with zero attached hydrogens (tertiary/aromatic N) is 3. The minimum Gasteiger partial charge on any atom is -0.311 e. The minimum atomic E-state index is -0.128. The zero-order valence-corrected chi connectivity index (χ0v) is 14.5. The summed E-state index contributed by atoms with van der Waals surface area (Å²) in [6.07, 6.45) is 4.87. The molecule has 0 fully saturated rings. The number of aromatic nitrogens is 2. The Morgan fingerprint density at radius 3 is 3.04 bits per heavy atom. The van der Waals surface area contributed by atoms with E-state index in [1.54, 1.807) is 12.1 Å². The standard InChI is InChI=1S/C17H15ClN4OS/c18-13-4-5-15(20-10-13)22-16(23)6-7-24-17-12(9-19)8-11-2-1-3-14(11)21-17/h4-5,8,10H,1-3,6-7H2,(H,20,22,23). The van der Waals surface area contributed by atoms with E-state index in [0.717, 1.165) is 30.0 Å². The number of rotatable bonds is 5. The van der Waals surface area contributed by atoms with Crippen LogP contribution in [0, 0.1) is 11.3 Å². The number of fused-ring (bicyclic) bond motifs is 1. The molecule has 0 aliphatic heterocycles. The number of anilines is 1. The molecule has 0 saturated carbocycles. The summed E-state index contributed by atoms with van der Waals surface area (Å²) in [6.45, 7) is 0. The van der Waals surface area contributed by atoms with Crippen LogP contribution in [0.5, 0.6) is 0 Å². The quantitative estimate of drug-likeness (QED) is 0.826. The van der Waals surface area contributed by atoms with E-state index < -0.39 is 0 Å². The molecule has 0 unspecified atom stereocenters. The molecule has 2 heterocycles. The van der Waals surface area contributed by atoms with Crippen LogP contribution in [0.2, 0.25) is 5.02 Å². The largest absolute Gasteiger partial charge is 0.311 e. The van der Waals surface area contributed by atoms with Gasteiger partial charge in [-0.3, -0.25) is 4.79 Å². The second-order valence-electron chi connectivity index (χ2n) is 5.42. The minimum absolute atomic E-state index is 0.128. The number of nitriles is 1. The molecule has 1 aliphatic rings. The molecule has 2 aromatic heterocycles. The number of aryl methyl sites for hydroxylation is 2. The van der Waals surface area contributed by atoms with Gasteiger partial charge in [-0.15, -0.1) is 11.8 Å². The molecule has 1 amide bonds. The predicted octanol–water partition coefficient (Wildman–Crippen LogP) is 3.61. The van der Waals surface area contributed by atoms with E-state index in [1.807, 2.05) is 6.07 Å². The van der Waals surface area contributed by atoms with E-state index in [1.165, 1.54) is 23.5 Å². The third kappa shape index (κ3) is 4.05. The van der Waals surface area contributed by atoms with Crippen molar-refractivity contribution in [2.45, 2.75) is 30.7 Å². The Labute approximate surface area is 149 Å². The van der Waals surface area contributed by atoms with Gasteiger partial charge >= 0.3 is 0 Å². The van der Waals surface area contributed by atoms with Gasteiger partial charge in [-0.1, -0.05) is 11.6 Å². The average molecular weight is 359 g/mol. The average Bonchev–Trinajstić information content (AvgIpc) is 3.03. The van der Waals surface area contributed by atoms with Crippen molar-refractivity contribution in [1.29, 1.82) is 5.26 Å². The Hall–Kier alpha value is -2.10. The molecule has 5 nitrogen and oxygen atoms in total. The summed E-state index contributed by atoms with van der Waals surface area (Å²) in [6, 6.07) is 7.47. The van der Waals surface area contributed by atoms with Crippen molar-refractivity contribution >= 4 is 35.1 Å². The molecular weight excluding hydrogens is 344 g/mol. The van der Waals surface area contributed by atoms with E-state index in [4.69, 9.17) is 11.6 Å². The Morgan fingerprint density at radius 1 is 1.42 bits per heavy atom.